The van der Waals surface area contributed by atoms with E-state index in [0.29, 0.717) is 17.7 Å². The predicted molar refractivity (Wildman–Crippen MR) is 115 cm³/mol. The Morgan fingerprint density at radius 2 is 1.70 bits per heavy atom. The smallest absolute Gasteiger partial charge is 0.296 e. The Labute approximate surface area is 174 Å². The number of fused-ring (bicyclic) bond motifs is 2. The number of aromatic nitrogens is 3. The predicted octanol–water partition coefficient (Wildman–Crippen LogP) is 1.39. The van der Waals surface area contributed by atoms with Gasteiger partial charge in [-0.3, -0.25) is 14.4 Å². The Kier molecular flexibility index (Phi) is 4.29. The highest BCUT2D eigenvalue weighted by molar-refractivity contribution is 7.15. The van der Waals surface area contributed by atoms with Crippen molar-refractivity contribution in [2.75, 3.05) is 11.4 Å². The maximum Gasteiger partial charge on any atom is 0.296 e. The van der Waals surface area contributed by atoms with Crippen molar-refractivity contribution in [3.63, 3.8) is 0 Å². The quantitative estimate of drug-likeness (QED) is 0.504. The largest absolute Gasteiger partial charge is 0.308 e. The molecule has 1 amide bonds. The molecule has 1 aliphatic heterocycles. The fourth-order valence-corrected chi connectivity index (χ4v) is 4.70. The van der Waals surface area contributed by atoms with Crippen molar-refractivity contribution in [2.45, 2.75) is 13.3 Å². The van der Waals surface area contributed by atoms with Gasteiger partial charge in [-0.2, -0.15) is 14.6 Å². The molecular weight excluding hydrogens is 400 g/mol. The van der Waals surface area contributed by atoms with Gasteiger partial charge in [-0.15, -0.1) is 0 Å². The van der Waals surface area contributed by atoms with Crippen LogP contribution in [0.1, 0.15) is 23.7 Å². The molecule has 2 aromatic carbocycles. The third-order valence-electron chi connectivity index (χ3n) is 5.11. The highest BCUT2D eigenvalue weighted by Crippen LogP contribution is 2.34. The highest BCUT2D eigenvalue weighted by Gasteiger charge is 2.33. The minimum Gasteiger partial charge on any atom is -0.308 e. The van der Waals surface area contributed by atoms with Crippen LogP contribution in [0.3, 0.4) is 0 Å². The van der Waals surface area contributed by atoms with Gasteiger partial charge in [0.2, 0.25) is 4.96 Å². The first kappa shape index (κ1) is 18.4. The summed E-state index contributed by atoms with van der Waals surface area (Å²) in [6.45, 7) is 2.38. The Hall–Kier alpha value is -3.65. The number of rotatable bonds is 3. The molecule has 30 heavy (non-hydrogen) atoms. The van der Waals surface area contributed by atoms with Gasteiger partial charge in [-0.1, -0.05) is 59.9 Å². The highest BCUT2D eigenvalue weighted by atomic mass is 32.1. The maximum atomic E-state index is 13.2. The number of carbonyl (C=O) groups is 1. The van der Waals surface area contributed by atoms with Gasteiger partial charge in [0, 0.05) is 18.5 Å². The van der Waals surface area contributed by atoms with Gasteiger partial charge < -0.3 is 4.90 Å². The van der Waals surface area contributed by atoms with Gasteiger partial charge in [0.1, 0.15) is 10.2 Å². The number of hydrogen-bond donors (Lipinski definition) is 0. The van der Waals surface area contributed by atoms with Crippen molar-refractivity contribution in [3.8, 4) is 0 Å². The molecule has 0 atom stereocenters. The summed E-state index contributed by atoms with van der Waals surface area (Å²) in [6.07, 6.45) is 0.280. The van der Waals surface area contributed by atoms with Gasteiger partial charge in [-0.25, -0.2) is 0 Å². The monoisotopic (exact) mass is 416 g/mol. The molecule has 1 aliphatic rings. The van der Waals surface area contributed by atoms with Crippen molar-refractivity contribution >= 4 is 33.5 Å². The zero-order chi connectivity index (χ0) is 20.8. The van der Waals surface area contributed by atoms with Crippen LogP contribution >= 0.6 is 11.3 Å². The Bertz CT molecular complexity index is 1470. The average Bonchev–Trinajstić information content (AvgIpc) is 3.21. The molecule has 0 saturated carbocycles. The van der Waals surface area contributed by atoms with Crippen molar-refractivity contribution in [1.82, 2.24) is 14.6 Å². The van der Waals surface area contributed by atoms with E-state index in [0.717, 1.165) is 27.1 Å². The molecule has 0 bridgehead atoms. The number of benzene rings is 2. The molecule has 8 heteroatoms. The number of hydrogen-bond acceptors (Lipinski definition) is 6. The van der Waals surface area contributed by atoms with Crippen molar-refractivity contribution < 1.29 is 4.79 Å². The Balaban J connectivity index is 1.74. The molecule has 0 spiro atoms. The summed E-state index contributed by atoms with van der Waals surface area (Å²) in [5, 5.41) is 4.28. The molecule has 3 heterocycles. The summed E-state index contributed by atoms with van der Waals surface area (Å²) in [7, 11) is 0. The SMILES string of the molecule is CCN1C(=O)/C(=c2\sc3nc(=O)c(Cc4ccccc4)nn3c2=O)c2ccccc21. The van der Waals surface area contributed by atoms with Gasteiger partial charge in [-0.05, 0) is 18.6 Å². The molecule has 7 nitrogen and oxygen atoms in total. The number of amides is 1. The van der Waals surface area contributed by atoms with Crippen LogP contribution in [0.25, 0.3) is 10.5 Å². The van der Waals surface area contributed by atoms with E-state index in [4.69, 9.17) is 0 Å². The Morgan fingerprint density at radius 1 is 0.967 bits per heavy atom. The van der Waals surface area contributed by atoms with Gasteiger partial charge in [0.15, 0.2) is 0 Å². The van der Waals surface area contributed by atoms with Crippen LogP contribution in [0, 0.1) is 0 Å². The molecule has 0 fully saturated rings. The molecule has 5 rings (SSSR count). The van der Waals surface area contributed by atoms with Crippen molar-refractivity contribution in [3.05, 3.63) is 96.7 Å². The zero-order valence-corrected chi connectivity index (χ0v) is 16.8. The topological polar surface area (TPSA) is 84.6 Å². The van der Waals surface area contributed by atoms with E-state index in [2.05, 4.69) is 10.1 Å². The second-order valence-corrected chi connectivity index (χ2v) is 7.88. The van der Waals surface area contributed by atoms with E-state index < -0.39 is 11.1 Å². The lowest BCUT2D eigenvalue weighted by molar-refractivity contribution is -0.113. The third-order valence-corrected chi connectivity index (χ3v) is 6.14. The van der Waals surface area contributed by atoms with E-state index in [1.165, 1.54) is 0 Å². The Morgan fingerprint density at radius 3 is 2.47 bits per heavy atom. The van der Waals surface area contributed by atoms with E-state index in [1.54, 1.807) is 4.90 Å². The fourth-order valence-electron chi connectivity index (χ4n) is 3.71. The van der Waals surface area contributed by atoms with Crippen LogP contribution in [0.4, 0.5) is 5.69 Å². The molecule has 0 saturated heterocycles. The molecule has 0 radical (unpaired) electrons. The summed E-state index contributed by atoms with van der Waals surface area (Å²) in [5.41, 5.74) is 2.01. The van der Waals surface area contributed by atoms with Crippen LogP contribution in [-0.4, -0.2) is 27.0 Å². The standard InChI is InChI=1S/C22H16N4O3S/c1-2-25-16-11-7-6-10-14(16)17(20(25)28)18-21(29)26-22(30-18)23-19(27)15(24-26)12-13-8-4-3-5-9-13/h3-11H,2,12H2,1H3/b18-17-. The lowest BCUT2D eigenvalue weighted by atomic mass is 10.1. The number of nitrogens with zero attached hydrogens (tertiary/aromatic N) is 4. The summed E-state index contributed by atoms with van der Waals surface area (Å²) in [6, 6.07) is 16.8. The molecule has 148 valence electrons. The lowest BCUT2D eigenvalue weighted by Crippen LogP contribution is -2.33. The second-order valence-electron chi connectivity index (χ2n) is 6.90. The van der Waals surface area contributed by atoms with Crippen LogP contribution < -0.4 is 20.6 Å². The third kappa shape index (κ3) is 2.76. The number of likely N-dealkylation sites (N-methyl/N-ethyl adjacent to an activating group) is 1. The van der Waals surface area contributed by atoms with E-state index in [1.807, 2.05) is 61.5 Å². The van der Waals surface area contributed by atoms with Crippen molar-refractivity contribution in [2.24, 2.45) is 0 Å². The van der Waals surface area contributed by atoms with Crippen molar-refractivity contribution in [1.29, 1.82) is 0 Å². The summed E-state index contributed by atoms with van der Waals surface area (Å²) >= 11 is 1.02. The van der Waals surface area contributed by atoms with Crippen LogP contribution in [0.2, 0.25) is 0 Å². The lowest BCUT2D eigenvalue weighted by Gasteiger charge is -2.13. The first-order valence-electron chi connectivity index (χ1n) is 9.50. The first-order valence-corrected chi connectivity index (χ1v) is 10.3. The molecule has 0 unspecified atom stereocenters. The van der Waals surface area contributed by atoms with E-state index >= 15 is 0 Å². The normalized spacial score (nSPS) is 15.1. The van der Waals surface area contributed by atoms with Gasteiger partial charge >= 0.3 is 0 Å². The maximum absolute atomic E-state index is 13.2. The minimum absolute atomic E-state index is 0.185. The molecule has 2 aromatic heterocycles. The van der Waals surface area contributed by atoms with E-state index in [-0.39, 0.29) is 27.5 Å². The van der Waals surface area contributed by atoms with E-state index in [9.17, 15) is 14.4 Å². The minimum atomic E-state index is -0.468. The molecular formula is C22H16N4O3S. The van der Waals surface area contributed by atoms with Crippen LogP contribution in [-0.2, 0) is 11.2 Å². The van der Waals surface area contributed by atoms with Crippen LogP contribution in [0.5, 0.6) is 0 Å². The number of thiazole rings is 1. The molecule has 0 aliphatic carbocycles. The van der Waals surface area contributed by atoms with Crippen LogP contribution in [0.15, 0.2) is 64.2 Å². The molecule has 0 N–H and O–H groups in total. The zero-order valence-electron chi connectivity index (χ0n) is 16.0. The molecule has 4 aromatic rings. The summed E-state index contributed by atoms with van der Waals surface area (Å²) in [4.78, 5) is 44.6. The number of carbonyl (C=O) groups excluding carboxylic acids is 1. The summed E-state index contributed by atoms with van der Waals surface area (Å²) in [5.74, 6) is -0.227. The average molecular weight is 416 g/mol. The van der Waals surface area contributed by atoms with Gasteiger partial charge in [0.05, 0.1) is 11.3 Å². The summed E-state index contributed by atoms with van der Waals surface area (Å²) < 4.78 is 1.39. The number of para-hydroxylation sites is 1. The fraction of sp³-hybridized carbons (Fsp3) is 0.136. The first-order chi connectivity index (χ1) is 14.6. The van der Waals surface area contributed by atoms with Gasteiger partial charge in [0.25, 0.3) is 17.0 Å². The number of anilines is 1. The second kappa shape index (κ2) is 7.00.